The predicted molar refractivity (Wildman–Crippen MR) is 71.2 cm³/mol. The molecule has 0 radical (unpaired) electrons. The summed E-state index contributed by atoms with van der Waals surface area (Å²) < 4.78 is 0. The number of unbranched alkanes of at least 4 members (excludes halogenated alkanes) is 6. The van der Waals surface area contributed by atoms with Crippen LogP contribution in [-0.4, -0.2) is 0 Å². The summed E-state index contributed by atoms with van der Waals surface area (Å²) in [6.07, 6.45) is 15.1. The van der Waals surface area contributed by atoms with Gasteiger partial charge in [-0.3, -0.25) is 0 Å². The highest BCUT2D eigenvalue weighted by molar-refractivity contribution is 4.93. The van der Waals surface area contributed by atoms with Crippen LogP contribution in [-0.2, 0) is 0 Å². The van der Waals surface area contributed by atoms with Crippen molar-refractivity contribution < 1.29 is 0 Å². The molecule has 0 saturated carbocycles. The second-order valence-electron chi connectivity index (χ2n) is 4.45. The first-order valence-electron chi connectivity index (χ1n) is 6.58. The minimum atomic E-state index is 1.18. The van der Waals surface area contributed by atoms with Gasteiger partial charge >= 0.3 is 0 Å². The van der Waals surface area contributed by atoms with E-state index in [1.54, 1.807) is 0 Å². The summed E-state index contributed by atoms with van der Waals surface area (Å²) in [5.41, 5.74) is 1.46. The van der Waals surface area contributed by atoms with E-state index in [0.717, 1.165) is 0 Å². The van der Waals surface area contributed by atoms with Crippen molar-refractivity contribution in [1.29, 1.82) is 0 Å². The fourth-order valence-corrected chi connectivity index (χ4v) is 1.77. The molecule has 0 saturated heterocycles. The van der Waals surface area contributed by atoms with E-state index in [1.807, 2.05) is 6.08 Å². The third kappa shape index (κ3) is 11.4. The van der Waals surface area contributed by atoms with Crippen molar-refractivity contribution in [1.82, 2.24) is 0 Å². The zero-order valence-corrected chi connectivity index (χ0v) is 10.6. The summed E-state index contributed by atoms with van der Waals surface area (Å²) in [4.78, 5) is 0. The maximum atomic E-state index is 4.14. The maximum Gasteiger partial charge on any atom is -0.0323 e. The van der Waals surface area contributed by atoms with Gasteiger partial charge in [0.05, 0.1) is 0 Å². The molecule has 0 fully saturated rings. The lowest BCUT2D eigenvalue weighted by molar-refractivity contribution is 0.626. The maximum absolute atomic E-state index is 4.14. The Bertz CT molecular complexity index is 155. The van der Waals surface area contributed by atoms with Crippen LogP contribution in [0.15, 0.2) is 24.8 Å². The molecule has 0 heteroatoms. The molecule has 0 rings (SSSR count). The fourth-order valence-electron chi connectivity index (χ4n) is 1.77. The Morgan fingerprint density at radius 2 is 1.53 bits per heavy atom. The van der Waals surface area contributed by atoms with E-state index in [1.165, 1.54) is 69.8 Å². The molecule has 0 aromatic carbocycles. The van der Waals surface area contributed by atoms with E-state index in [4.69, 9.17) is 0 Å². The van der Waals surface area contributed by atoms with Crippen LogP contribution in [0.4, 0.5) is 0 Å². The van der Waals surface area contributed by atoms with Crippen molar-refractivity contribution in [2.24, 2.45) is 0 Å². The van der Waals surface area contributed by atoms with E-state index in [9.17, 15) is 0 Å². The standard InChI is InChI=1S/C15H28/c1-4-6-8-9-10-12-14-15(3)13-11-7-5-2/h4H,1,3,5-14H2,2H3. The van der Waals surface area contributed by atoms with Gasteiger partial charge in [0.1, 0.15) is 0 Å². The third-order valence-corrected chi connectivity index (χ3v) is 2.82. The summed E-state index contributed by atoms with van der Waals surface area (Å²) in [7, 11) is 0. The van der Waals surface area contributed by atoms with Gasteiger partial charge < -0.3 is 0 Å². The summed E-state index contributed by atoms with van der Waals surface area (Å²) in [5.74, 6) is 0. The largest absolute Gasteiger partial charge is 0.103 e. The summed E-state index contributed by atoms with van der Waals surface area (Å²) in [6.45, 7) is 10.1. The average molecular weight is 208 g/mol. The van der Waals surface area contributed by atoms with E-state index < -0.39 is 0 Å². The van der Waals surface area contributed by atoms with Crippen LogP contribution >= 0.6 is 0 Å². The lowest BCUT2D eigenvalue weighted by Crippen LogP contribution is -1.85. The van der Waals surface area contributed by atoms with Crippen LogP contribution in [0.1, 0.15) is 71.1 Å². The molecule has 0 spiro atoms. The lowest BCUT2D eigenvalue weighted by Gasteiger charge is -2.04. The lowest BCUT2D eigenvalue weighted by atomic mass is 10.0. The molecule has 0 heterocycles. The van der Waals surface area contributed by atoms with Gasteiger partial charge in [-0.2, -0.15) is 0 Å². The second-order valence-corrected chi connectivity index (χ2v) is 4.45. The number of allylic oxidation sites excluding steroid dienone is 2. The minimum Gasteiger partial charge on any atom is -0.103 e. The molecule has 0 unspecified atom stereocenters. The van der Waals surface area contributed by atoms with Crippen molar-refractivity contribution in [3.63, 3.8) is 0 Å². The van der Waals surface area contributed by atoms with Crippen molar-refractivity contribution >= 4 is 0 Å². The van der Waals surface area contributed by atoms with Gasteiger partial charge in [-0.05, 0) is 38.5 Å². The highest BCUT2D eigenvalue weighted by Crippen LogP contribution is 2.15. The van der Waals surface area contributed by atoms with E-state index in [2.05, 4.69) is 20.1 Å². The Labute approximate surface area is 96.5 Å². The van der Waals surface area contributed by atoms with Gasteiger partial charge in [0.15, 0.2) is 0 Å². The summed E-state index contributed by atoms with van der Waals surface area (Å²) >= 11 is 0. The first kappa shape index (κ1) is 14.5. The Morgan fingerprint density at radius 1 is 0.933 bits per heavy atom. The van der Waals surface area contributed by atoms with Crippen LogP contribution in [0.3, 0.4) is 0 Å². The number of hydrogen-bond acceptors (Lipinski definition) is 0. The molecule has 0 aromatic rings. The van der Waals surface area contributed by atoms with Crippen LogP contribution in [0.5, 0.6) is 0 Å². The molecule has 0 aliphatic carbocycles. The molecule has 0 nitrogen and oxygen atoms in total. The summed E-state index contributed by atoms with van der Waals surface area (Å²) in [6, 6.07) is 0. The number of hydrogen-bond donors (Lipinski definition) is 0. The van der Waals surface area contributed by atoms with E-state index >= 15 is 0 Å². The molecule has 0 aliphatic rings. The molecule has 0 aliphatic heterocycles. The molecule has 0 N–H and O–H groups in total. The Hall–Kier alpha value is -0.520. The zero-order valence-electron chi connectivity index (χ0n) is 10.6. The van der Waals surface area contributed by atoms with E-state index in [-0.39, 0.29) is 0 Å². The topological polar surface area (TPSA) is 0 Å². The first-order valence-corrected chi connectivity index (χ1v) is 6.58. The van der Waals surface area contributed by atoms with E-state index in [0.29, 0.717) is 0 Å². The molecule has 0 atom stereocenters. The van der Waals surface area contributed by atoms with Gasteiger partial charge in [-0.15, -0.1) is 6.58 Å². The van der Waals surface area contributed by atoms with Crippen molar-refractivity contribution in [2.75, 3.05) is 0 Å². The van der Waals surface area contributed by atoms with Crippen LogP contribution in [0.2, 0.25) is 0 Å². The zero-order chi connectivity index (χ0) is 11.4. The van der Waals surface area contributed by atoms with Crippen molar-refractivity contribution in [3.8, 4) is 0 Å². The monoisotopic (exact) mass is 208 g/mol. The summed E-state index contributed by atoms with van der Waals surface area (Å²) in [5, 5.41) is 0. The molecular formula is C15H28. The van der Waals surface area contributed by atoms with Crippen molar-refractivity contribution in [2.45, 2.75) is 71.1 Å². The number of rotatable bonds is 11. The van der Waals surface area contributed by atoms with Gasteiger partial charge in [0.2, 0.25) is 0 Å². The smallest absolute Gasteiger partial charge is 0.0323 e. The van der Waals surface area contributed by atoms with Gasteiger partial charge in [0.25, 0.3) is 0 Å². The van der Waals surface area contributed by atoms with Gasteiger partial charge in [0, 0.05) is 0 Å². The SMILES string of the molecule is C=CCCCCCCC(=C)CCCCC. The molecule has 15 heavy (non-hydrogen) atoms. The Morgan fingerprint density at radius 3 is 2.13 bits per heavy atom. The third-order valence-electron chi connectivity index (χ3n) is 2.82. The minimum absolute atomic E-state index is 1.18. The fraction of sp³-hybridized carbons (Fsp3) is 0.733. The molecule has 0 amide bonds. The molecule has 0 aromatic heterocycles. The average Bonchev–Trinajstić information content (AvgIpc) is 2.23. The van der Waals surface area contributed by atoms with Crippen LogP contribution < -0.4 is 0 Å². The van der Waals surface area contributed by atoms with Gasteiger partial charge in [-0.1, -0.05) is 50.8 Å². The quantitative estimate of drug-likeness (QED) is 0.304. The normalized spacial score (nSPS) is 10.2. The molecular weight excluding hydrogens is 180 g/mol. The van der Waals surface area contributed by atoms with Crippen LogP contribution in [0, 0.1) is 0 Å². The van der Waals surface area contributed by atoms with Crippen molar-refractivity contribution in [3.05, 3.63) is 24.8 Å². The predicted octanol–water partition coefficient (Wildman–Crippen LogP) is 5.65. The first-order chi connectivity index (χ1) is 7.31. The molecule has 88 valence electrons. The Balaban J connectivity index is 3.13. The van der Waals surface area contributed by atoms with Gasteiger partial charge in [-0.25, -0.2) is 0 Å². The Kier molecular flexibility index (Phi) is 11.2. The highest BCUT2D eigenvalue weighted by atomic mass is 14.0. The molecule has 0 bridgehead atoms. The second kappa shape index (κ2) is 11.6. The highest BCUT2D eigenvalue weighted by Gasteiger charge is 1.95. The van der Waals surface area contributed by atoms with Crippen LogP contribution in [0.25, 0.3) is 0 Å².